The predicted octanol–water partition coefficient (Wildman–Crippen LogP) is 3.28. The lowest BCUT2D eigenvalue weighted by Crippen LogP contribution is -2.10. The van der Waals surface area contributed by atoms with Gasteiger partial charge in [0.2, 0.25) is 5.88 Å². The number of nitrogen functional groups attached to an aromatic ring is 1. The Bertz CT molecular complexity index is 710. The summed E-state index contributed by atoms with van der Waals surface area (Å²) in [5.74, 6) is 0.303. The fraction of sp³-hybridized carbons (Fsp3) is 0.214. The van der Waals surface area contributed by atoms with Gasteiger partial charge in [0.05, 0.1) is 17.2 Å². The maximum absolute atomic E-state index is 10.5. The van der Waals surface area contributed by atoms with Crippen molar-refractivity contribution in [2.45, 2.75) is 13.0 Å². The molecule has 0 amide bonds. The molecule has 1 aromatic heterocycles. The Morgan fingerprint density at radius 1 is 1.32 bits per heavy atom. The molecule has 1 aromatic carbocycles. The second-order valence-electron chi connectivity index (χ2n) is 4.33. The molecular formula is C14H13Cl2N3O3. The van der Waals surface area contributed by atoms with Crippen LogP contribution in [-0.2, 0) is 9.53 Å². The minimum atomic E-state index is -0.660. The number of nitrogens with two attached hydrogens (primary N) is 1. The van der Waals surface area contributed by atoms with Crippen LogP contribution in [-0.4, -0.2) is 23.5 Å². The number of methoxy groups -OCH3 is 1. The number of carbonyl (C=O) groups is 1. The van der Waals surface area contributed by atoms with Crippen molar-refractivity contribution in [1.82, 2.24) is 9.97 Å². The van der Waals surface area contributed by atoms with Gasteiger partial charge < -0.3 is 15.2 Å². The maximum atomic E-state index is 10.5. The summed E-state index contributed by atoms with van der Waals surface area (Å²) in [7, 11) is 1.44. The largest absolute Gasteiger partial charge is 0.479 e. The van der Waals surface area contributed by atoms with Crippen LogP contribution >= 0.6 is 23.2 Å². The lowest BCUT2D eigenvalue weighted by Gasteiger charge is -2.15. The van der Waals surface area contributed by atoms with Crippen molar-refractivity contribution in [1.29, 1.82) is 0 Å². The molecule has 0 fully saturated rings. The first-order valence-electron chi connectivity index (χ1n) is 6.24. The highest BCUT2D eigenvalue weighted by molar-refractivity contribution is 6.43. The van der Waals surface area contributed by atoms with Gasteiger partial charge in [0, 0.05) is 5.56 Å². The standard InChI is InChI=1S/C14H13Cl2N3O3/c1-7(22-6-20)11-13(17)19-14(21-2)12(18-11)8-4-3-5-9(15)10(8)16/h3-7H,1-2H3,(H2,17,19). The van der Waals surface area contributed by atoms with Crippen molar-refractivity contribution in [2.75, 3.05) is 12.8 Å². The number of benzene rings is 1. The number of anilines is 1. The summed E-state index contributed by atoms with van der Waals surface area (Å²) in [4.78, 5) is 19.0. The van der Waals surface area contributed by atoms with Crippen molar-refractivity contribution in [3.05, 3.63) is 33.9 Å². The van der Waals surface area contributed by atoms with Crippen molar-refractivity contribution in [3.8, 4) is 17.1 Å². The van der Waals surface area contributed by atoms with Crippen LogP contribution in [0.1, 0.15) is 18.7 Å². The number of carbonyl (C=O) groups excluding carboxylic acids is 1. The van der Waals surface area contributed by atoms with Crippen LogP contribution in [0, 0.1) is 0 Å². The van der Waals surface area contributed by atoms with E-state index in [9.17, 15) is 4.79 Å². The Morgan fingerprint density at radius 3 is 2.68 bits per heavy atom. The minimum absolute atomic E-state index is 0.105. The Balaban J connectivity index is 2.65. The van der Waals surface area contributed by atoms with E-state index in [0.29, 0.717) is 33.5 Å². The lowest BCUT2D eigenvalue weighted by molar-refractivity contribution is -0.133. The molecule has 0 aliphatic rings. The van der Waals surface area contributed by atoms with Crippen molar-refractivity contribution in [3.63, 3.8) is 0 Å². The van der Waals surface area contributed by atoms with Crippen LogP contribution in [0.2, 0.25) is 10.0 Å². The van der Waals surface area contributed by atoms with E-state index in [1.807, 2.05) is 0 Å². The highest BCUT2D eigenvalue weighted by atomic mass is 35.5. The maximum Gasteiger partial charge on any atom is 0.293 e. The highest BCUT2D eigenvalue weighted by Crippen LogP contribution is 2.37. The smallest absolute Gasteiger partial charge is 0.293 e. The molecule has 0 bridgehead atoms. The summed E-state index contributed by atoms with van der Waals surface area (Å²) in [6.07, 6.45) is -0.660. The van der Waals surface area contributed by atoms with Gasteiger partial charge in [0.1, 0.15) is 17.5 Å². The van der Waals surface area contributed by atoms with E-state index in [1.165, 1.54) is 7.11 Å². The van der Waals surface area contributed by atoms with Crippen LogP contribution < -0.4 is 10.5 Å². The van der Waals surface area contributed by atoms with Gasteiger partial charge in [0.15, 0.2) is 5.82 Å². The van der Waals surface area contributed by atoms with Gasteiger partial charge in [-0.25, -0.2) is 4.98 Å². The van der Waals surface area contributed by atoms with E-state index in [1.54, 1.807) is 25.1 Å². The van der Waals surface area contributed by atoms with E-state index in [4.69, 9.17) is 38.4 Å². The van der Waals surface area contributed by atoms with Crippen molar-refractivity contribution < 1.29 is 14.3 Å². The van der Waals surface area contributed by atoms with Gasteiger partial charge in [-0.2, -0.15) is 4.98 Å². The Hall–Kier alpha value is -2.05. The van der Waals surface area contributed by atoms with E-state index in [0.717, 1.165) is 0 Å². The molecule has 0 saturated carbocycles. The number of hydrogen-bond acceptors (Lipinski definition) is 6. The number of rotatable bonds is 5. The third kappa shape index (κ3) is 3.08. The molecule has 0 spiro atoms. The van der Waals surface area contributed by atoms with Gasteiger partial charge in [0.25, 0.3) is 6.47 Å². The van der Waals surface area contributed by atoms with Crippen molar-refractivity contribution in [2.24, 2.45) is 0 Å². The van der Waals surface area contributed by atoms with Gasteiger partial charge in [-0.05, 0) is 13.0 Å². The fourth-order valence-electron chi connectivity index (χ4n) is 1.90. The predicted molar refractivity (Wildman–Crippen MR) is 84.0 cm³/mol. The minimum Gasteiger partial charge on any atom is -0.479 e. The molecule has 2 rings (SSSR count). The highest BCUT2D eigenvalue weighted by Gasteiger charge is 2.21. The zero-order valence-electron chi connectivity index (χ0n) is 11.8. The average Bonchev–Trinajstić information content (AvgIpc) is 2.50. The first-order chi connectivity index (χ1) is 10.5. The molecule has 0 radical (unpaired) electrons. The monoisotopic (exact) mass is 341 g/mol. The van der Waals surface area contributed by atoms with E-state index < -0.39 is 6.10 Å². The zero-order chi connectivity index (χ0) is 16.3. The first-order valence-corrected chi connectivity index (χ1v) is 7.00. The topological polar surface area (TPSA) is 87.3 Å². The molecular weight excluding hydrogens is 329 g/mol. The summed E-state index contributed by atoms with van der Waals surface area (Å²) < 4.78 is 10.1. The molecule has 6 nitrogen and oxygen atoms in total. The number of halogens is 2. The van der Waals surface area contributed by atoms with Crippen molar-refractivity contribution >= 4 is 35.5 Å². The molecule has 0 aliphatic heterocycles. The van der Waals surface area contributed by atoms with Gasteiger partial charge in [-0.3, -0.25) is 4.79 Å². The normalized spacial score (nSPS) is 11.8. The quantitative estimate of drug-likeness (QED) is 0.839. The molecule has 1 atom stereocenters. The molecule has 1 heterocycles. The second-order valence-corrected chi connectivity index (χ2v) is 5.11. The van der Waals surface area contributed by atoms with Crippen LogP contribution in [0.15, 0.2) is 18.2 Å². The molecule has 116 valence electrons. The third-order valence-electron chi connectivity index (χ3n) is 2.96. The number of hydrogen-bond donors (Lipinski definition) is 1. The van der Waals surface area contributed by atoms with E-state index in [-0.39, 0.29) is 11.7 Å². The molecule has 0 aliphatic carbocycles. The lowest BCUT2D eigenvalue weighted by atomic mass is 10.1. The van der Waals surface area contributed by atoms with Crippen LogP contribution in [0.25, 0.3) is 11.3 Å². The SMILES string of the molecule is COc1nc(N)c(C(C)OC=O)nc1-c1cccc(Cl)c1Cl. The summed E-state index contributed by atoms with van der Waals surface area (Å²) in [5, 5.41) is 0.690. The molecule has 8 heteroatoms. The van der Waals surface area contributed by atoms with Crippen LogP contribution in [0.4, 0.5) is 5.82 Å². The average molecular weight is 342 g/mol. The van der Waals surface area contributed by atoms with Gasteiger partial charge in [-0.15, -0.1) is 0 Å². The summed E-state index contributed by atoms with van der Waals surface area (Å²) in [6, 6.07) is 5.11. The van der Waals surface area contributed by atoms with Crippen LogP contribution in [0.5, 0.6) is 5.88 Å². The fourth-order valence-corrected chi connectivity index (χ4v) is 2.29. The summed E-state index contributed by atoms with van der Waals surface area (Å²) in [5.41, 5.74) is 7.04. The molecule has 0 saturated heterocycles. The van der Waals surface area contributed by atoms with Crippen LogP contribution in [0.3, 0.4) is 0 Å². The van der Waals surface area contributed by atoms with E-state index >= 15 is 0 Å². The second kappa shape index (κ2) is 6.81. The first kappa shape index (κ1) is 16.3. The number of ether oxygens (including phenoxy) is 2. The molecule has 22 heavy (non-hydrogen) atoms. The Kier molecular flexibility index (Phi) is 5.05. The van der Waals surface area contributed by atoms with Gasteiger partial charge >= 0.3 is 0 Å². The molecule has 2 aromatic rings. The number of nitrogens with zero attached hydrogens (tertiary/aromatic N) is 2. The Labute approximate surface area is 137 Å². The molecule has 1 unspecified atom stereocenters. The summed E-state index contributed by atoms with van der Waals surface area (Å²) in [6.45, 7) is 1.95. The third-order valence-corrected chi connectivity index (χ3v) is 3.78. The summed E-state index contributed by atoms with van der Waals surface area (Å²) >= 11 is 12.2. The van der Waals surface area contributed by atoms with E-state index in [2.05, 4.69) is 9.97 Å². The zero-order valence-corrected chi connectivity index (χ0v) is 13.4. The number of aromatic nitrogens is 2. The molecule has 2 N–H and O–H groups in total. The Morgan fingerprint density at radius 2 is 2.05 bits per heavy atom. The van der Waals surface area contributed by atoms with Gasteiger partial charge in [-0.1, -0.05) is 35.3 Å².